The second-order valence-corrected chi connectivity index (χ2v) is 4.10. The molecule has 2 rings (SSSR count). The Balaban J connectivity index is 2.30. The normalized spacial score (nSPS) is 10.6. The molecule has 1 aromatic heterocycles. The minimum Gasteiger partial charge on any atom is -0.316 e. The van der Waals surface area contributed by atoms with Crippen LogP contribution >= 0.6 is 23.2 Å². The summed E-state index contributed by atoms with van der Waals surface area (Å²) in [5.41, 5.74) is 2.45. The molecule has 4 heteroatoms. The summed E-state index contributed by atoms with van der Waals surface area (Å²) >= 11 is 11.8. The molecule has 2 nitrogen and oxygen atoms in total. The fraction of sp³-hybridized carbons (Fsp3) is 0.182. The predicted octanol–water partition coefficient (Wildman–Crippen LogP) is 3.55. The van der Waals surface area contributed by atoms with Gasteiger partial charge in [0.25, 0.3) is 0 Å². The summed E-state index contributed by atoms with van der Waals surface area (Å²) in [7, 11) is 0. The minimum absolute atomic E-state index is 0.352. The molecule has 0 atom stereocenters. The third kappa shape index (κ3) is 2.16. The average molecular weight is 241 g/mol. The van der Waals surface area contributed by atoms with Gasteiger partial charge < -0.3 is 4.57 Å². The van der Waals surface area contributed by atoms with Crippen molar-refractivity contribution < 1.29 is 0 Å². The number of benzene rings is 1. The van der Waals surface area contributed by atoms with Crippen molar-refractivity contribution in [3.8, 4) is 0 Å². The largest absolute Gasteiger partial charge is 0.316 e. The average Bonchev–Trinajstić information content (AvgIpc) is 2.53. The Hall–Kier alpha value is -0.990. The fourth-order valence-electron chi connectivity index (χ4n) is 1.42. The highest BCUT2D eigenvalue weighted by Gasteiger charge is 2.06. The van der Waals surface area contributed by atoms with Crippen LogP contribution in [0.25, 0.3) is 0 Å². The molecule has 0 saturated carbocycles. The van der Waals surface area contributed by atoms with Gasteiger partial charge in [-0.15, -0.1) is 0 Å². The van der Waals surface area contributed by atoms with E-state index in [0.29, 0.717) is 16.9 Å². The molecule has 0 saturated heterocycles. The number of nitrogens with zero attached hydrogens (tertiary/aromatic N) is 2. The molecule has 0 radical (unpaired) electrons. The molecule has 0 N–H and O–H groups in total. The first-order valence-electron chi connectivity index (χ1n) is 4.59. The van der Waals surface area contributed by atoms with E-state index in [2.05, 4.69) is 24.0 Å². The molecule has 0 fully saturated rings. The monoisotopic (exact) mass is 240 g/mol. The van der Waals surface area contributed by atoms with Gasteiger partial charge in [0.1, 0.15) is 5.15 Å². The van der Waals surface area contributed by atoms with Crippen LogP contribution in [0.4, 0.5) is 0 Å². The third-order valence-electron chi connectivity index (χ3n) is 2.33. The van der Waals surface area contributed by atoms with Crippen LogP contribution in [0.1, 0.15) is 11.1 Å². The highest BCUT2D eigenvalue weighted by atomic mass is 35.5. The zero-order valence-electron chi connectivity index (χ0n) is 8.24. The first kappa shape index (κ1) is 10.5. The van der Waals surface area contributed by atoms with Gasteiger partial charge in [0.05, 0.1) is 12.9 Å². The maximum Gasteiger partial charge on any atom is 0.166 e. The van der Waals surface area contributed by atoms with Crippen LogP contribution in [0.15, 0.2) is 30.6 Å². The molecule has 78 valence electrons. The molecule has 0 spiro atoms. The Labute approximate surface area is 98.5 Å². The summed E-state index contributed by atoms with van der Waals surface area (Å²) in [6.45, 7) is 2.77. The van der Waals surface area contributed by atoms with Crippen LogP contribution in [0.5, 0.6) is 0 Å². The summed E-state index contributed by atoms with van der Waals surface area (Å²) in [5, 5.41) is 0.838. The van der Waals surface area contributed by atoms with E-state index in [1.54, 1.807) is 6.33 Å². The lowest BCUT2D eigenvalue weighted by molar-refractivity contribution is 0.793. The van der Waals surface area contributed by atoms with E-state index in [1.165, 1.54) is 11.1 Å². The number of rotatable bonds is 2. The van der Waals surface area contributed by atoms with E-state index in [9.17, 15) is 0 Å². The van der Waals surface area contributed by atoms with Crippen molar-refractivity contribution in [2.24, 2.45) is 0 Å². The van der Waals surface area contributed by atoms with E-state index < -0.39 is 0 Å². The number of aromatic nitrogens is 2. The van der Waals surface area contributed by atoms with Gasteiger partial charge in [0, 0.05) is 0 Å². The second-order valence-electron chi connectivity index (χ2n) is 3.38. The van der Waals surface area contributed by atoms with Gasteiger partial charge in [0.2, 0.25) is 0 Å². The molecule has 1 aromatic carbocycles. The molecule has 0 amide bonds. The smallest absolute Gasteiger partial charge is 0.166 e. The number of halogens is 2. The molecule has 1 heterocycles. The van der Waals surface area contributed by atoms with E-state index in [1.807, 2.05) is 16.7 Å². The number of imidazole rings is 1. The molecule has 0 unspecified atom stereocenters. The van der Waals surface area contributed by atoms with Gasteiger partial charge in [-0.25, -0.2) is 4.98 Å². The summed E-state index contributed by atoms with van der Waals surface area (Å²) in [5.74, 6) is 0. The molecule has 0 aliphatic carbocycles. The fourth-order valence-corrected chi connectivity index (χ4v) is 1.73. The summed E-state index contributed by atoms with van der Waals surface area (Å²) in [4.78, 5) is 3.94. The van der Waals surface area contributed by atoms with E-state index in [0.717, 1.165) is 0 Å². The lowest BCUT2D eigenvalue weighted by atomic mass is 10.1. The van der Waals surface area contributed by atoms with Crippen LogP contribution in [0.3, 0.4) is 0 Å². The second kappa shape index (κ2) is 4.25. The van der Waals surface area contributed by atoms with E-state index >= 15 is 0 Å². The standard InChI is InChI=1S/C11H10Cl2N2/c1-8-4-2-3-5-9(8)6-15-7-14-10(12)11(15)13/h2-5,7H,6H2,1H3. The van der Waals surface area contributed by atoms with Crippen molar-refractivity contribution in [1.29, 1.82) is 0 Å². The van der Waals surface area contributed by atoms with Crippen LogP contribution in [-0.4, -0.2) is 9.55 Å². The van der Waals surface area contributed by atoms with Gasteiger partial charge in [-0.05, 0) is 18.1 Å². The van der Waals surface area contributed by atoms with Crippen molar-refractivity contribution in [2.75, 3.05) is 0 Å². The Morgan fingerprint density at radius 3 is 2.60 bits per heavy atom. The molecule has 0 aliphatic heterocycles. The zero-order chi connectivity index (χ0) is 10.8. The maximum atomic E-state index is 5.98. The molecule has 2 aromatic rings. The third-order valence-corrected chi connectivity index (χ3v) is 3.10. The van der Waals surface area contributed by atoms with Crippen LogP contribution < -0.4 is 0 Å². The van der Waals surface area contributed by atoms with Gasteiger partial charge >= 0.3 is 0 Å². The number of hydrogen-bond acceptors (Lipinski definition) is 1. The van der Waals surface area contributed by atoms with Crippen molar-refractivity contribution >= 4 is 23.2 Å². The quantitative estimate of drug-likeness (QED) is 0.786. The number of hydrogen-bond donors (Lipinski definition) is 0. The maximum absolute atomic E-state index is 5.98. The van der Waals surface area contributed by atoms with Crippen LogP contribution in [-0.2, 0) is 6.54 Å². The SMILES string of the molecule is Cc1ccccc1Cn1cnc(Cl)c1Cl. The zero-order valence-corrected chi connectivity index (χ0v) is 9.76. The predicted molar refractivity (Wildman–Crippen MR) is 62.5 cm³/mol. The summed E-state index contributed by atoms with van der Waals surface area (Å²) < 4.78 is 1.83. The van der Waals surface area contributed by atoms with Crippen LogP contribution in [0.2, 0.25) is 10.3 Å². The van der Waals surface area contributed by atoms with Crippen molar-refractivity contribution in [3.05, 3.63) is 52.0 Å². The highest BCUT2D eigenvalue weighted by molar-refractivity contribution is 6.40. The molecule has 0 bridgehead atoms. The van der Waals surface area contributed by atoms with Crippen LogP contribution in [0, 0.1) is 6.92 Å². The molecular weight excluding hydrogens is 231 g/mol. The first-order valence-corrected chi connectivity index (χ1v) is 5.34. The Bertz CT molecular complexity index is 477. The van der Waals surface area contributed by atoms with Gasteiger partial charge in [-0.2, -0.15) is 0 Å². The van der Waals surface area contributed by atoms with Crippen molar-refractivity contribution in [1.82, 2.24) is 9.55 Å². The van der Waals surface area contributed by atoms with Crippen molar-refractivity contribution in [2.45, 2.75) is 13.5 Å². The first-order chi connectivity index (χ1) is 7.18. The minimum atomic E-state index is 0.352. The van der Waals surface area contributed by atoms with Crippen molar-refractivity contribution in [3.63, 3.8) is 0 Å². The van der Waals surface area contributed by atoms with E-state index in [-0.39, 0.29) is 0 Å². The Kier molecular flexibility index (Phi) is 2.98. The number of aryl methyl sites for hydroxylation is 1. The Morgan fingerprint density at radius 2 is 2.00 bits per heavy atom. The molecule has 15 heavy (non-hydrogen) atoms. The lowest BCUT2D eigenvalue weighted by Gasteiger charge is -2.06. The lowest BCUT2D eigenvalue weighted by Crippen LogP contribution is -1.99. The highest BCUT2D eigenvalue weighted by Crippen LogP contribution is 2.21. The van der Waals surface area contributed by atoms with E-state index in [4.69, 9.17) is 23.2 Å². The summed E-state index contributed by atoms with van der Waals surface area (Å²) in [6, 6.07) is 8.16. The topological polar surface area (TPSA) is 17.8 Å². The van der Waals surface area contributed by atoms with Gasteiger partial charge in [-0.1, -0.05) is 47.5 Å². The van der Waals surface area contributed by atoms with Gasteiger partial charge in [0.15, 0.2) is 5.15 Å². The summed E-state index contributed by atoms with van der Waals surface area (Å²) in [6.07, 6.45) is 1.65. The van der Waals surface area contributed by atoms with Gasteiger partial charge in [-0.3, -0.25) is 0 Å². The molecular formula is C11H10Cl2N2. The Morgan fingerprint density at radius 1 is 1.27 bits per heavy atom. The molecule has 0 aliphatic rings.